The fraction of sp³-hybridized carbons (Fsp3) is 0.238. The van der Waals surface area contributed by atoms with Gasteiger partial charge in [0.1, 0.15) is 18.0 Å². The Morgan fingerprint density at radius 3 is 2.74 bits per heavy atom. The van der Waals surface area contributed by atoms with Crippen molar-refractivity contribution in [1.29, 1.82) is 0 Å². The summed E-state index contributed by atoms with van der Waals surface area (Å²) in [5.41, 5.74) is 4.67. The number of anilines is 3. The zero-order valence-corrected chi connectivity index (χ0v) is 15.5. The van der Waals surface area contributed by atoms with E-state index in [9.17, 15) is 0 Å². The number of hydrogen-bond donors (Lipinski definition) is 2. The normalized spacial score (nSPS) is 12.1. The van der Waals surface area contributed by atoms with Gasteiger partial charge >= 0.3 is 0 Å². The Labute approximate surface area is 158 Å². The lowest BCUT2D eigenvalue weighted by molar-refractivity contribution is 0.174. The molecule has 138 valence electrons. The number of benzene rings is 2. The molecule has 6 nitrogen and oxygen atoms in total. The number of ether oxygens (including phenoxy) is 2. The largest absolute Gasteiger partial charge is 0.454 e. The molecule has 1 aliphatic rings. The number of aromatic nitrogens is 2. The summed E-state index contributed by atoms with van der Waals surface area (Å²) < 4.78 is 10.8. The molecule has 0 amide bonds. The lowest BCUT2D eigenvalue weighted by Crippen LogP contribution is -2.04. The van der Waals surface area contributed by atoms with Crippen LogP contribution in [-0.4, -0.2) is 16.8 Å². The minimum absolute atomic E-state index is 0.284. The highest BCUT2D eigenvalue weighted by molar-refractivity contribution is 5.66. The molecule has 0 radical (unpaired) electrons. The average molecular weight is 362 g/mol. The quantitative estimate of drug-likeness (QED) is 0.676. The third kappa shape index (κ3) is 3.79. The summed E-state index contributed by atoms with van der Waals surface area (Å²) >= 11 is 0. The molecule has 3 aromatic rings. The van der Waals surface area contributed by atoms with Crippen molar-refractivity contribution >= 4 is 17.3 Å². The summed E-state index contributed by atoms with van der Waals surface area (Å²) in [7, 11) is 0. The number of rotatable bonds is 6. The van der Waals surface area contributed by atoms with Gasteiger partial charge in [0.15, 0.2) is 11.5 Å². The van der Waals surface area contributed by atoms with Gasteiger partial charge < -0.3 is 20.1 Å². The van der Waals surface area contributed by atoms with Gasteiger partial charge in [-0.1, -0.05) is 31.2 Å². The first-order chi connectivity index (χ1) is 13.2. The highest BCUT2D eigenvalue weighted by Crippen LogP contribution is 2.32. The maximum Gasteiger partial charge on any atom is 0.231 e. The predicted molar refractivity (Wildman–Crippen MR) is 106 cm³/mol. The molecule has 0 unspecified atom stereocenters. The van der Waals surface area contributed by atoms with Crippen LogP contribution >= 0.6 is 0 Å². The molecule has 1 aliphatic heterocycles. The van der Waals surface area contributed by atoms with Crippen molar-refractivity contribution in [3.8, 4) is 11.5 Å². The van der Waals surface area contributed by atoms with Crippen LogP contribution in [0, 0.1) is 6.92 Å². The summed E-state index contributed by atoms with van der Waals surface area (Å²) in [4.78, 5) is 8.67. The summed E-state index contributed by atoms with van der Waals surface area (Å²) in [6, 6.07) is 14.2. The van der Waals surface area contributed by atoms with Crippen molar-refractivity contribution in [2.75, 3.05) is 17.4 Å². The summed E-state index contributed by atoms with van der Waals surface area (Å²) in [5, 5.41) is 6.77. The first-order valence-electron chi connectivity index (χ1n) is 9.03. The standard InChI is InChI=1S/C21H22N4O2/c1-3-16-6-4-5-14(2)21(16)25-20-10-19(23-12-24-20)22-11-15-7-8-17-18(9-15)27-13-26-17/h4-10,12H,3,11,13H2,1-2H3,(H2,22,23,24,25). The summed E-state index contributed by atoms with van der Waals surface area (Å²) in [5.74, 6) is 3.10. The van der Waals surface area contributed by atoms with E-state index in [-0.39, 0.29) is 6.79 Å². The fourth-order valence-corrected chi connectivity index (χ4v) is 3.10. The predicted octanol–water partition coefficient (Wildman–Crippen LogP) is 4.43. The van der Waals surface area contributed by atoms with Gasteiger partial charge in [-0.15, -0.1) is 0 Å². The smallest absolute Gasteiger partial charge is 0.231 e. The monoisotopic (exact) mass is 362 g/mol. The molecule has 0 atom stereocenters. The number of aryl methyl sites for hydroxylation is 2. The second kappa shape index (κ2) is 7.53. The number of nitrogens with one attached hydrogen (secondary N) is 2. The van der Waals surface area contributed by atoms with Gasteiger partial charge in [0, 0.05) is 18.3 Å². The Kier molecular flexibility index (Phi) is 4.78. The van der Waals surface area contributed by atoms with Crippen molar-refractivity contribution in [3.05, 3.63) is 65.5 Å². The Bertz CT molecular complexity index is 959. The van der Waals surface area contributed by atoms with E-state index in [1.54, 1.807) is 6.33 Å². The zero-order valence-electron chi connectivity index (χ0n) is 15.5. The van der Waals surface area contributed by atoms with Gasteiger partial charge in [0.05, 0.1) is 0 Å². The van der Waals surface area contributed by atoms with E-state index >= 15 is 0 Å². The molecule has 0 aliphatic carbocycles. The van der Waals surface area contributed by atoms with Crippen LogP contribution in [0.3, 0.4) is 0 Å². The second-order valence-electron chi connectivity index (χ2n) is 6.42. The lowest BCUT2D eigenvalue weighted by atomic mass is 10.1. The van der Waals surface area contributed by atoms with E-state index in [0.29, 0.717) is 6.54 Å². The molecule has 2 aromatic carbocycles. The molecule has 1 aromatic heterocycles. The van der Waals surface area contributed by atoms with E-state index in [2.05, 4.69) is 52.6 Å². The topological polar surface area (TPSA) is 68.3 Å². The molecular formula is C21H22N4O2. The Hall–Kier alpha value is -3.28. The number of para-hydroxylation sites is 1. The van der Waals surface area contributed by atoms with Crippen molar-refractivity contribution in [1.82, 2.24) is 9.97 Å². The third-order valence-corrected chi connectivity index (χ3v) is 4.57. The van der Waals surface area contributed by atoms with Crippen molar-refractivity contribution in [3.63, 3.8) is 0 Å². The van der Waals surface area contributed by atoms with Crippen molar-refractivity contribution in [2.45, 2.75) is 26.8 Å². The van der Waals surface area contributed by atoms with Crippen LogP contribution in [-0.2, 0) is 13.0 Å². The maximum atomic E-state index is 5.42. The lowest BCUT2D eigenvalue weighted by Gasteiger charge is -2.14. The van der Waals surface area contributed by atoms with E-state index in [4.69, 9.17) is 9.47 Å². The SMILES string of the molecule is CCc1cccc(C)c1Nc1cc(NCc2ccc3c(c2)OCO3)ncn1. The molecule has 0 bridgehead atoms. The molecule has 0 fully saturated rings. The van der Waals surface area contributed by atoms with Gasteiger partial charge in [-0.3, -0.25) is 0 Å². The first kappa shape index (κ1) is 17.1. The van der Waals surface area contributed by atoms with E-state index in [1.807, 2.05) is 24.3 Å². The average Bonchev–Trinajstić information content (AvgIpc) is 3.16. The highest BCUT2D eigenvalue weighted by Gasteiger charge is 2.13. The molecule has 0 spiro atoms. The van der Waals surface area contributed by atoms with E-state index < -0.39 is 0 Å². The van der Waals surface area contributed by atoms with Gasteiger partial charge in [0.25, 0.3) is 0 Å². The van der Waals surface area contributed by atoms with Gasteiger partial charge in [-0.25, -0.2) is 9.97 Å². The Morgan fingerprint density at radius 2 is 1.85 bits per heavy atom. The summed E-state index contributed by atoms with van der Waals surface area (Å²) in [6.07, 6.45) is 2.53. The molecule has 4 rings (SSSR count). The van der Waals surface area contributed by atoms with E-state index in [0.717, 1.165) is 40.8 Å². The molecule has 27 heavy (non-hydrogen) atoms. The Morgan fingerprint density at radius 1 is 1.00 bits per heavy atom. The molecule has 6 heteroatoms. The van der Waals surface area contributed by atoms with Crippen LogP contribution in [0.5, 0.6) is 11.5 Å². The summed E-state index contributed by atoms with van der Waals surface area (Å²) in [6.45, 7) is 5.17. The molecule has 2 N–H and O–H groups in total. The fourth-order valence-electron chi connectivity index (χ4n) is 3.10. The second-order valence-corrected chi connectivity index (χ2v) is 6.42. The van der Waals surface area contributed by atoms with Crippen LogP contribution < -0.4 is 20.1 Å². The van der Waals surface area contributed by atoms with Gasteiger partial charge in [-0.2, -0.15) is 0 Å². The van der Waals surface area contributed by atoms with Crippen LogP contribution in [0.1, 0.15) is 23.6 Å². The van der Waals surface area contributed by atoms with Crippen LogP contribution in [0.2, 0.25) is 0 Å². The highest BCUT2D eigenvalue weighted by atomic mass is 16.7. The Balaban J connectivity index is 1.47. The molecule has 0 saturated carbocycles. The number of hydrogen-bond acceptors (Lipinski definition) is 6. The molecular weight excluding hydrogens is 340 g/mol. The van der Waals surface area contributed by atoms with Crippen LogP contribution in [0.15, 0.2) is 48.8 Å². The molecule has 0 saturated heterocycles. The van der Waals surface area contributed by atoms with E-state index in [1.165, 1.54) is 11.1 Å². The third-order valence-electron chi connectivity index (χ3n) is 4.57. The number of fused-ring (bicyclic) bond motifs is 1. The van der Waals surface area contributed by atoms with Gasteiger partial charge in [-0.05, 0) is 42.2 Å². The van der Waals surface area contributed by atoms with Crippen molar-refractivity contribution in [2.24, 2.45) is 0 Å². The minimum Gasteiger partial charge on any atom is -0.454 e. The minimum atomic E-state index is 0.284. The first-order valence-corrected chi connectivity index (χ1v) is 9.03. The molecule has 2 heterocycles. The maximum absolute atomic E-state index is 5.42. The van der Waals surface area contributed by atoms with Gasteiger partial charge in [0.2, 0.25) is 6.79 Å². The zero-order chi connectivity index (χ0) is 18.6. The van der Waals surface area contributed by atoms with Crippen LogP contribution in [0.25, 0.3) is 0 Å². The van der Waals surface area contributed by atoms with Crippen LogP contribution in [0.4, 0.5) is 17.3 Å². The number of nitrogens with zero attached hydrogens (tertiary/aromatic N) is 2. The van der Waals surface area contributed by atoms with Crippen molar-refractivity contribution < 1.29 is 9.47 Å².